The number of nitro groups is 1. The molecule has 0 radical (unpaired) electrons. The molecule has 0 saturated heterocycles. The third kappa shape index (κ3) is 3.45. The molecule has 0 aliphatic carbocycles. The summed E-state index contributed by atoms with van der Waals surface area (Å²) in [5, 5.41) is 20.0. The molecule has 0 unspecified atom stereocenters. The van der Waals surface area contributed by atoms with Crippen molar-refractivity contribution in [2.45, 2.75) is 10.6 Å². The Bertz CT molecular complexity index is 601. The highest BCUT2D eigenvalue weighted by Gasteiger charge is 2.14. The maximum atomic E-state index is 13.1. The van der Waals surface area contributed by atoms with Crippen LogP contribution < -0.4 is 0 Å². The second-order valence-corrected chi connectivity index (χ2v) is 4.86. The van der Waals surface area contributed by atoms with E-state index in [1.165, 1.54) is 36.0 Å². The van der Waals surface area contributed by atoms with Gasteiger partial charge in [0.15, 0.2) is 0 Å². The van der Waals surface area contributed by atoms with Crippen LogP contribution in [0.4, 0.5) is 10.1 Å². The van der Waals surface area contributed by atoms with Gasteiger partial charge in [-0.3, -0.25) is 10.1 Å². The number of nitro benzene ring substituents is 1. The highest BCUT2D eigenvalue weighted by molar-refractivity contribution is 7.98. The number of hydrogen-bond donors (Lipinski definition) is 1. The zero-order valence-electron chi connectivity index (χ0n) is 9.75. The molecule has 4 nitrogen and oxygen atoms in total. The molecule has 2 aromatic rings. The van der Waals surface area contributed by atoms with Crippen molar-refractivity contribution < 1.29 is 14.4 Å². The summed E-state index contributed by atoms with van der Waals surface area (Å²) in [5.74, 6) is -0.0493. The average molecular weight is 279 g/mol. The highest BCUT2D eigenvalue weighted by atomic mass is 32.2. The molecule has 0 aromatic heterocycles. The minimum Gasteiger partial charge on any atom is -0.508 e. The molecule has 2 aromatic carbocycles. The second-order valence-electron chi connectivity index (χ2n) is 3.81. The van der Waals surface area contributed by atoms with Crippen molar-refractivity contribution in [2.24, 2.45) is 0 Å². The fourth-order valence-corrected chi connectivity index (χ4v) is 2.43. The van der Waals surface area contributed by atoms with Gasteiger partial charge >= 0.3 is 0 Å². The number of benzene rings is 2. The summed E-state index contributed by atoms with van der Waals surface area (Å²) >= 11 is 1.34. The van der Waals surface area contributed by atoms with Crippen LogP contribution in [0.5, 0.6) is 5.75 Å². The lowest BCUT2D eigenvalue weighted by Gasteiger charge is -2.04. The fraction of sp³-hybridized carbons (Fsp3) is 0.0769. The molecule has 0 amide bonds. The van der Waals surface area contributed by atoms with E-state index in [-0.39, 0.29) is 11.4 Å². The van der Waals surface area contributed by atoms with E-state index in [2.05, 4.69) is 0 Å². The van der Waals surface area contributed by atoms with E-state index >= 15 is 0 Å². The van der Waals surface area contributed by atoms with Crippen LogP contribution in [0.1, 0.15) is 5.56 Å². The number of phenolic OH excluding ortho intramolecular Hbond substituents is 1. The first kappa shape index (κ1) is 13.4. The maximum Gasteiger partial charge on any atom is 0.273 e. The Balaban J connectivity index is 2.16. The van der Waals surface area contributed by atoms with Gasteiger partial charge in [-0.25, -0.2) is 4.39 Å². The van der Waals surface area contributed by atoms with Crippen LogP contribution in [0.2, 0.25) is 0 Å². The molecular weight excluding hydrogens is 269 g/mol. The van der Waals surface area contributed by atoms with Crippen LogP contribution in [0.3, 0.4) is 0 Å². The molecule has 1 N–H and O–H groups in total. The van der Waals surface area contributed by atoms with Crippen molar-refractivity contribution in [3.63, 3.8) is 0 Å². The lowest BCUT2D eigenvalue weighted by molar-refractivity contribution is -0.385. The van der Waals surface area contributed by atoms with Gasteiger partial charge in [0.1, 0.15) is 11.6 Å². The molecule has 0 saturated carbocycles. The van der Waals surface area contributed by atoms with E-state index < -0.39 is 10.7 Å². The molecule has 0 aliphatic rings. The summed E-state index contributed by atoms with van der Waals surface area (Å²) < 4.78 is 13.1. The standard InChI is InChI=1S/C13H10FNO3S/c14-10-1-6-13(15(17)18)9(7-10)8-19-12-4-2-11(16)3-5-12/h1-7,16H,8H2. The number of thioether (sulfide) groups is 1. The fourth-order valence-electron chi connectivity index (χ4n) is 1.55. The quantitative estimate of drug-likeness (QED) is 0.526. The molecule has 0 heterocycles. The molecule has 0 bridgehead atoms. The van der Waals surface area contributed by atoms with Crippen molar-refractivity contribution >= 4 is 17.4 Å². The zero-order chi connectivity index (χ0) is 13.8. The van der Waals surface area contributed by atoms with Crippen molar-refractivity contribution in [3.05, 3.63) is 64.0 Å². The molecular formula is C13H10FNO3S. The largest absolute Gasteiger partial charge is 0.508 e. The predicted octanol–water partition coefficient (Wildman–Crippen LogP) is 3.73. The van der Waals surface area contributed by atoms with Gasteiger partial charge in [0, 0.05) is 22.3 Å². The van der Waals surface area contributed by atoms with E-state index in [4.69, 9.17) is 5.11 Å². The van der Waals surface area contributed by atoms with Crippen molar-refractivity contribution in [3.8, 4) is 5.75 Å². The molecule has 0 atom stereocenters. The number of aromatic hydroxyl groups is 1. The first-order valence-electron chi connectivity index (χ1n) is 5.41. The summed E-state index contributed by atoms with van der Waals surface area (Å²) in [7, 11) is 0. The predicted molar refractivity (Wildman–Crippen MR) is 70.7 cm³/mol. The number of nitrogens with zero attached hydrogens (tertiary/aromatic N) is 1. The Kier molecular flexibility index (Phi) is 4.01. The van der Waals surface area contributed by atoms with E-state index in [1.54, 1.807) is 12.1 Å². The lowest BCUT2D eigenvalue weighted by Crippen LogP contribution is -1.95. The molecule has 0 fully saturated rings. The topological polar surface area (TPSA) is 63.4 Å². The van der Waals surface area contributed by atoms with Crippen molar-refractivity contribution in [1.82, 2.24) is 0 Å². The Labute approximate surface area is 113 Å². The monoisotopic (exact) mass is 279 g/mol. The lowest BCUT2D eigenvalue weighted by atomic mass is 10.2. The highest BCUT2D eigenvalue weighted by Crippen LogP contribution is 2.29. The van der Waals surface area contributed by atoms with Crippen LogP contribution in [0.15, 0.2) is 47.4 Å². The van der Waals surface area contributed by atoms with Gasteiger partial charge in [0.05, 0.1) is 4.92 Å². The van der Waals surface area contributed by atoms with Gasteiger partial charge in [-0.2, -0.15) is 0 Å². The van der Waals surface area contributed by atoms with Crippen LogP contribution in [-0.4, -0.2) is 10.0 Å². The maximum absolute atomic E-state index is 13.1. The van der Waals surface area contributed by atoms with E-state index in [9.17, 15) is 14.5 Å². The van der Waals surface area contributed by atoms with E-state index in [0.29, 0.717) is 11.3 Å². The molecule has 98 valence electrons. The summed E-state index contributed by atoms with van der Waals surface area (Å²) in [6.07, 6.45) is 0. The number of rotatable bonds is 4. The summed E-state index contributed by atoms with van der Waals surface area (Å²) in [6.45, 7) is 0. The van der Waals surface area contributed by atoms with E-state index in [1.807, 2.05) is 0 Å². The first-order chi connectivity index (χ1) is 9.06. The smallest absolute Gasteiger partial charge is 0.273 e. The Morgan fingerprint density at radius 1 is 1.21 bits per heavy atom. The summed E-state index contributed by atoms with van der Waals surface area (Å²) in [5.41, 5.74) is 0.246. The Morgan fingerprint density at radius 3 is 2.53 bits per heavy atom. The molecule has 2 rings (SSSR count). The number of phenols is 1. The third-order valence-corrected chi connectivity index (χ3v) is 3.53. The number of hydrogen-bond acceptors (Lipinski definition) is 4. The zero-order valence-corrected chi connectivity index (χ0v) is 10.6. The van der Waals surface area contributed by atoms with Crippen molar-refractivity contribution in [2.75, 3.05) is 0 Å². The Hall–Kier alpha value is -2.08. The second kappa shape index (κ2) is 5.71. The van der Waals surface area contributed by atoms with Gasteiger partial charge in [-0.05, 0) is 36.4 Å². The van der Waals surface area contributed by atoms with Crippen LogP contribution >= 0.6 is 11.8 Å². The minimum atomic E-state index is -0.522. The van der Waals surface area contributed by atoms with Gasteiger partial charge < -0.3 is 5.11 Å². The number of halogens is 1. The molecule has 19 heavy (non-hydrogen) atoms. The van der Waals surface area contributed by atoms with Crippen LogP contribution in [0, 0.1) is 15.9 Å². The van der Waals surface area contributed by atoms with Gasteiger partial charge in [0.2, 0.25) is 0 Å². The molecule has 6 heteroatoms. The summed E-state index contributed by atoms with van der Waals surface area (Å²) in [4.78, 5) is 11.2. The van der Waals surface area contributed by atoms with Gasteiger partial charge in [-0.15, -0.1) is 11.8 Å². The average Bonchev–Trinajstić information content (AvgIpc) is 2.38. The molecule has 0 aliphatic heterocycles. The first-order valence-corrected chi connectivity index (χ1v) is 6.39. The third-order valence-electron chi connectivity index (χ3n) is 2.47. The normalized spacial score (nSPS) is 10.4. The van der Waals surface area contributed by atoms with E-state index in [0.717, 1.165) is 11.0 Å². The van der Waals surface area contributed by atoms with Crippen molar-refractivity contribution in [1.29, 1.82) is 0 Å². The van der Waals surface area contributed by atoms with Gasteiger partial charge in [-0.1, -0.05) is 0 Å². The minimum absolute atomic E-state index is 0.0901. The molecule has 0 spiro atoms. The Morgan fingerprint density at radius 2 is 1.89 bits per heavy atom. The van der Waals surface area contributed by atoms with Gasteiger partial charge in [0.25, 0.3) is 5.69 Å². The SMILES string of the molecule is O=[N+]([O-])c1ccc(F)cc1CSc1ccc(O)cc1. The van der Waals surface area contributed by atoms with Crippen LogP contribution in [0.25, 0.3) is 0 Å². The summed E-state index contributed by atoms with van der Waals surface area (Å²) in [6, 6.07) is 9.88. The van der Waals surface area contributed by atoms with Crippen LogP contribution in [-0.2, 0) is 5.75 Å².